The predicted octanol–water partition coefficient (Wildman–Crippen LogP) is 1.86. The van der Waals surface area contributed by atoms with Gasteiger partial charge in [-0.25, -0.2) is 4.98 Å². The molecule has 2 heterocycles. The molecule has 3 unspecified atom stereocenters. The smallest absolute Gasteiger partial charge is 0.358 e. The average Bonchev–Trinajstić information content (AvgIpc) is 3.13. The van der Waals surface area contributed by atoms with Gasteiger partial charge >= 0.3 is 13.6 Å². The van der Waals surface area contributed by atoms with Crippen molar-refractivity contribution in [3.63, 3.8) is 0 Å². The minimum absolute atomic E-state index is 0.0137. The van der Waals surface area contributed by atoms with Crippen LogP contribution >= 0.6 is 7.60 Å². The average molecular weight is 457 g/mol. The second-order valence-electron chi connectivity index (χ2n) is 8.66. The molecule has 172 valence electrons. The maximum Gasteiger partial charge on any atom is 0.358 e. The molecule has 0 aliphatic heterocycles. The Morgan fingerprint density at radius 3 is 2.71 bits per heavy atom. The summed E-state index contributed by atoms with van der Waals surface area (Å²) in [7, 11) is -2.42. The standard InChI is InChI=1S/C18H28N5O7P/c1-11-6-18(11,7-23-8-20-12-13(23)21-16(19)22-14(12)24)29-10-31(26,27-5)30-9-28-15(25)17(2,3)4/h8,11H,6-7,9-10H2,1-5H3,(H3,19,21,22,24). The van der Waals surface area contributed by atoms with Crippen LogP contribution in [0.5, 0.6) is 0 Å². The summed E-state index contributed by atoms with van der Waals surface area (Å²) in [6.07, 6.45) is 1.85. The number of nitrogen functional groups attached to an aromatic ring is 1. The number of rotatable bonds is 9. The predicted molar refractivity (Wildman–Crippen MR) is 111 cm³/mol. The van der Waals surface area contributed by atoms with Crippen LogP contribution in [-0.2, 0) is 34.4 Å². The van der Waals surface area contributed by atoms with Crippen LogP contribution in [0.1, 0.15) is 34.1 Å². The fraction of sp³-hybridized carbons (Fsp3) is 0.667. The van der Waals surface area contributed by atoms with E-state index in [1.807, 2.05) is 6.92 Å². The number of ether oxygens (including phenoxy) is 2. The Bertz CT molecular complexity index is 1080. The number of aromatic nitrogens is 4. The Hall–Kier alpha value is -2.27. The first kappa shape index (κ1) is 23.4. The van der Waals surface area contributed by atoms with Crippen molar-refractivity contribution >= 4 is 30.7 Å². The van der Waals surface area contributed by atoms with E-state index in [2.05, 4.69) is 15.0 Å². The van der Waals surface area contributed by atoms with Crippen LogP contribution in [0.15, 0.2) is 11.1 Å². The van der Waals surface area contributed by atoms with E-state index >= 15 is 0 Å². The number of nitrogens with two attached hydrogens (primary N) is 1. The Morgan fingerprint density at radius 2 is 2.13 bits per heavy atom. The summed E-state index contributed by atoms with van der Waals surface area (Å²) in [6.45, 7) is 6.89. The minimum atomic E-state index is -3.66. The molecule has 3 atom stereocenters. The van der Waals surface area contributed by atoms with Crippen molar-refractivity contribution in [2.75, 3.05) is 26.0 Å². The lowest BCUT2D eigenvalue weighted by Crippen LogP contribution is -2.26. The highest BCUT2D eigenvalue weighted by molar-refractivity contribution is 7.53. The first-order chi connectivity index (χ1) is 14.4. The third kappa shape index (κ3) is 5.15. The first-order valence-corrected chi connectivity index (χ1v) is 11.4. The third-order valence-corrected chi connectivity index (χ3v) is 6.66. The van der Waals surface area contributed by atoms with Crippen molar-refractivity contribution in [2.24, 2.45) is 11.3 Å². The van der Waals surface area contributed by atoms with E-state index in [0.717, 1.165) is 0 Å². The molecule has 0 amide bonds. The molecule has 1 fully saturated rings. The molecular weight excluding hydrogens is 429 g/mol. The second kappa shape index (κ2) is 8.34. The van der Waals surface area contributed by atoms with Crippen molar-refractivity contribution in [1.29, 1.82) is 0 Å². The van der Waals surface area contributed by atoms with Crippen LogP contribution in [0.4, 0.5) is 5.95 Å². The molecule has 0 spiro atoms. The number of anilines is 1. The number of nitrogens with one attached hydrogen (secondary N) is 1. The van der Waals surface area contributed by atoms with Gasteiger partial charge in [-0.1, -0.05) is 6.92 Å². The van der Waals surface area contributed by atoms with Crippen LogP contribution in [0.3, 0.4) is 0 Å². The van der Waals surface area contributed by atoms with Crippen LogP contribution in [0.2, 0.25) is 0 Å². The van der Waals surface area contributed by atoms with Crippen molar-refractivity contribution < 1.29 is 27.9 Å². The minimum Gasteiger partial charge on any atom is -0.438 e. The van der Waals surface area contributed by atoms with Gasteiger partial charge in [-0.15, -0.1) is 0 Å². The van der Waals surface area contributed by atoms with Gasteiger partial charge in [0.1, 0.15) is 6.35 Å². The maximum absolute atomic E-state index is 12.8. The molecule has 2 aromatic heterocycles. The van der Waals surface area contributed by atoms with E-state index in [1.165, 1.54) is 13.4 Å². The van der Waals surface area contributed by atoms with E-state index in [-0.39, 0.29) is 23.7 Å². The monoisotopic (exact) mass is 457 g/mol. The van der Waals surface area contributed by atoms with Crippen molar-refractivity contribution in [3.05, 3.63) is 16.7 Å². The Kier molecular flexibility index (Phi) is 6.30. The van der Waals surface area contributed by atoms with Gasteiger partial charge in [-0.2, -0.15) is 4.98 Å². The maximum atomic E-state index is 12.8. The van der Waals surface area contributed by atoms with E-state index in [0.29, 0.717) is 18.6 Å². The van der Waals surface area contributed by atoms with E-state index in [9.17, 15) is 14.2 Å². The Balaban J connectivity index is 1.66. The summed E-state index contributed by atoms with van der Waals surface area (Å²) < 4.78 is 35.7. The quantitative estimate of drug-likeness (QED) is 0.323. The highest BCUT2D eigenvalue weighted by Gasteiger charge is 2.54. The summed E-state index contributed by atoms with van der Waals surface area (Å²) in [6, 6.07) is 0. The number of hydrogen-bond donors (Lipinski definition) is 2. The van der Waals surface area contributed by atoms with Gasteiger partial charge in [0.2, 0.25) is 12.7 Å². The molecule has 1 aliphatic carbocycles. The zero-order valence-electron chi connectivity index (χ0n) is 18.2. The molecule has 0 aromatic carbocycles. The largest absolute Gasteiger partial charge is 0.438 e. The summed E-state index contributed by atoms with van der Waals surface area (Å²) in [4.78, 5) is 34.4. The van der Waals surface area contributed by atoms with E-state index in [1.54, 1.807) is 25.3 Å². The lowest BCUT2D eigenvalue weighted by molar-refractivity contribution is -0.160. The van der Waals surface area contributed by atoms with E-state index in [4.69, 9.17) is 24.3 Å². The van der Waals surface area contributed by atoms with Crippen LogP contribution in [-0.4, -0.2) is 51.3 Å². The zero-order chi connectivity index (χ0) is 23.0. The number of imidazole rings is 1. The SMILES string of the molecule is COP(=O)(COC1(Cn2cnc3c(=O)[nH]c(N)nc32)CC1C)OCOC(=O)C(C)(C)C. The van der Waals surface area contributed by atoms with Gasteiger partial charge in [0.25, 0.3) is 5.56 Å². The number of hydrogen-bond acceptors (Lipinski definition) is 10. The molecule has 2 aromatic rings. The molecule has 3 rings (SSSR count). The summed E-state index contributed by atoms with van der Waals surface area (Å²) in [5, 5.41) is 0. The van der Waals surface area contributed by atoms with Crippen molar-refractivity contribution in [2.45, 2.75) is 46.3 Å². The van der Waals surface area contributed by atoms with Gasteiger partial charge in [-0.05, 0) is 33.1 Å². The zero-order valence-corrected chi connectivity index (χ0v) is 19.1. The van der Waals surface area contributed by atoms with Gasteiger partial charge in [-0.3, -0.25) is 23.7 Å². The second-order valence-corrected chi connectivity index (χ2v) is 10.8. The van der Waals surface area contributed by atoms with Crippen LogP contribution in [0, 0.1) is 11.3 Å². The topological polar surface area (TPSA) is 161 Å². The molecule has 1 aliphatic rings. The molecule has 1 saturated carbocycles. The van der Waals surface area contributed by atoms with Gasteiger partial charge in [0.15, 0.2) is 11.2 Å². The van der Waals surface area contributed by atoms with Crippen LogP contribution in [0.25, 0.3) is 11.2 Å². The molecule has 0 radical (unpaired) electrons. The fourth-order valence-corrected chi connectivity index (χ4v) is 3.94. The summed E-state index contributed by atoms with van der Waals surface area (Å²) >= 11 is 0. The Labute approximate surface area is 179 Å². The lowest BCUT2D eigenvalue weighted by atomic mass is 9.98. The Morgan fingerprint density at radius 1 is 1.45 bits per heavy atom. The number of aromatic amines is 1. The number of carbonyl (C=O) groups is 1. The highest BCUT2D eigenvalue weighted by atomic mass is 31.2. The number of carbonyl (C=O) groups excluding carboxylic acids is 1. The van der Waals surface area contributed by atoms with Crippen LogP contribution < -0.4 is 11.3 Å². The van der Waals surface area contributed by atoms with Gasteiger partial charge in [0.05, 0.1) is 23.9 Å². The van der Waals surface area contributed by atoms with E-state index < -0.39 is 36.9 Å². The summed E-state index contributed by atoms with van der Waals surface area (Å²) in [5.74, 6) is -0.356. The molecule has 0 bridgehead atoms. The molecular formula is C18H28N5O7P. The molecule has 13 heteroatoms. The van der Waals surface area contributed by atoms with Gasteiger partial charge in [0, 0.05) is 7.11 Å². The van der Waals surface area contributed by atoms with Crippen molar-refractivity contribution in [1.82, 2.24) is 19.5 Å². The number of esters is 1. The number of fused-ring (bicyclic) bond motifs is 1. The summed E-state index contributed by atoms with van der Waals surface area (Å²) in [5.41, 5.74) is 4.35. The molecule has 0 saturated heterocycles. The third-order valence-electron chi connectivity index (χ3n) is 5.16. The number of nitrogens with zero attached hydrogens (tertiary/aromatic N) is 3. The fourth-order valence-electron chi connectivity index (χ4n) is 3.03. The lowest BCUT2D eigenvalue weighted by Gasteiger charge is -2.23. The highest BCUT2D eigenvalue weighted by Crippen LogP contribution is 2.54. The molecule has 3 N–H and O–H groups in total. The van der Waals surface area contributed by atoms with Crippen molar-refractivity contribution in [3.8, 4) is 0 Å². The number of H-pyrrole nitrogens is 1. The van der Waals surface area contributed by atoms with Gasteiger partial charge < -0.3 is 24.3 Å². The molecule has 12 nitrogen and oxygen atoms in total. The first-order valence-electron chi connectivity index (χ1n) is 9.70. The normalized spacial score (nSPS) is 22.9. The molecule has 31 heavy (non-hydrogen) atoms.